The normalized spacial score (nSPS) is 15.4. The Kier molecular flexibility index (Phi) is 7.15. The van der Waals surface area contributed by atoms with E-state index >= 15 is 0 Å². The number of hydrogen-bond donors (Lipinski definition) is 1. The van der Waals surface area contributed by atoms with Crippen LogP contribution in [0.1, 0.15) is 37.3 Å². The van der Waals surface area contributed by atoms with Gasteiger partial charge in [0.15, 0.2) is 5.82 Å². The average Bonchev–Trinajstić information content (AvgIpc) is 2.83. The molecule has 2 aromatic carbocycles. The van der Waals surface area contributed by atoms with Gasteiger partial charge in [-0.2, -0.15) is 0 Å². The maximum absolute atomic E-state index is 12.8. The van der Waals surface area contributed by atoms with Crippen molar-refractivity contribution in [2.75, 3.05) is 18.0 Å². The number of benzene rings is 2. The summed E-state index contributed by atoms with van der Waals surface area (Å²) in [6.45, 7) is 5.84. The fraction of sp³-hybridized carbons (Fsp3) is 0.370. The second kappa shape index (κ2) is 10.4. The summed E-state index contributed by atoms with van der Waals surface area (Å²) < 4.78 is 0. The topological polar surface area (TPSA) is 58.1 Å². The van der Waals surface area contributed by atoms with E-state index in [0.29, 0.717) is 0 Å². The standard InChI is InChI=1S/C27H32N4O/c1-20-7-6-10-24(19-20)26-28-16-13-25(30-26)31-17-14-23(15-18-31)27(32)29-21(2)11-12-22-8-4-3-5-9-22/h3-10,13,16,19,21,23H,11-12,14-15,17-18H2,1-2H3,(H,29,32)/t21-/m0/s1. The average molecular weight is 429 g/mol. The van der Waals surface area contributed by atoms with Crippen molar-refractivity contribution >= 4 is 11.7 Å². The third-order valence-corrected chi connectivity index (χ3v) is 6.20. The van der Waals surface area contributed by atoms with Gasteiger partial charge in [0.05, 0.1) is 0 Å². The van der Waals surface area contributed by atoms with Crippen molar-refractivity contribution in [3.8, 4) is 11.4 Å². The molecule has 0 radical (unpaired) electrons. The molecule has 1 fully saturated rings. The maximum atomic E-state index is 12.8. The zero-order chi connectivity index (χ0) is 22.3. The largest absolute Gasteiger partial charge is 0.356 e. The van der Waals surface area contributed by atoms with Crippen molar-refractivity contribution in [2.24, 2.45) is 5.92 Å². The molecular weight excluding hydrogens is 396 g/mol. The Hall–Kier alpha value is -3.21. The zero-order valence-corrected chi connectivity index (χ0v) is 19.0. The Morgan fingerprint density at radius 1 is 1.09 bits per heavy atom. The van der Waals surface area contributed by atoms with E-state index in [1.54, 1.807) is 0 Å². The Balaban J connectivity index is 1.28. The van der Waals surface area contributed by atoms with Crippen LogP contribution in [0.2, 0.25) is 0 Å². The van der Waals surface area contributed by atoms with Gasteiger partial charge in [0.25, 0.3) is 0 Å². The highest BCUT2D eigenvalue weighted by molar-refractivity contribution is 5.79. The van der Waals surface area contributed by atoms with Crippen LogP contribution in [0.3, 0.4) is 0 Å². The van der Waals surface area contributed by atoms with Gasteiger partial charge in [-0.15, -0.1) is 0 Å². The van der Waals surface area contributed by atoms with Crippen LogP contribution in [0.5, 0.6) is 0 Å². The number of aryl methyl sites for hydroxylation is 2. The molecule has 0 unspecified atom stereocenters. The first-order chi connectivity index (χ1) is 15.6. The third kappa shape index (κ3) is 5.72. The van der Waals surface area contributed by atoms with Gasteiger partial charge in [0.2, 0.25) is 5.91 Å². The molecule has 1 aliphatic heterocycles. The van der Waals surface area contributed by atoms with E-state index in [9.17, 15) is 4.79 Å². The summed E-state index contributed by atoms with van der Waals surface area (Å²) in [7, 11) is 0. The molecule has 166 valence electrons. The Labute approximate surface area is 190 Å². The van der Waals surface area contributed by atoms with E-state index in [0.717, 1.165) is 56.0 Å². The molecule has 1 amide bonds. The van der Waals surface area contributed by atoms with Gasteiger partial charge in [-0.05, 0) is 57.2 Å². The Morgan fingerprint density at radius 3 is 2.62 bits per heavy atom. The molecule has 0 bridgehead atoms. The van der Waals surface area contributed by atoms with E-state index in [-0.39, 0.29) is 17.9 Å². The number of amides is 1. The SMILES string of the molecule is Cc1cccc(-c2nccc(N3CCC(C(=O)N[C@@H](C)CCc4ccccc4)CC3)n2)c1. The van der Waals surface area contributed by atoms with E-state index in [1.165, 1.54) is 11.1 Å². The highest BCUT2D eigenvalue weighted by atomic mass is 16.1. The first-order valence-corrected chi connectivity index (χ1v) is 11.6. The number of piperidine rings is 1. The molecule has 5 nitrogen and oxygen atoms in total. The van der Waals surface area contributed by atoms with Crippen LogP contribution in [-0.2, 0) is 11.2 Å². The number of carbonyl (C=O) groups excluding carboxylic acids is 1. The number of hydrogen-bond acceptors (Lipinski definition) is 4. The molecule has 0 aliphatic carbocycles. The van der Waals surface area contributed by atoms with Crippen molar-refractivity contribution in [1.29, 1.82) is 0 Å². The van der Waals surface area contributed by atoms with Crippen LogP contribution in [-0.4, -0.2) is 35.0 Å². The summed E-state index contributed by atoms with van der Waals surface area (Å²) in [5.74, 6) is 1.95. The van der Waals surface area contributed by atoms with Crippen LogP contribution in [0, 0.1) is 12.8 Å². The van der Waals surface area contributed by atoms with Gasteiger partial charge in [-0.25, -0.2) is 9.97 Å². The fourth-order valence-corrected chi connectivity index (χ4v) is 4.28. The van der Waals surface area contributed by atoms with E-state index in [2.05, 4.69) is 65.4 Å². The van der Waals surface area contributed by atoms with E-state index in [4.69, 9.17) is 4.98 Å². The number of nitrogens with zero attached hydrogens (tertiary/aromatic N) is 3. The number of anilines is 1. The minimum Gasteiger partial charge on any atom is -0.356 e. The van der Waals surface area contributed by atoms with Gasteiger partial charge < -0.3 is 10.2 Å². The van der Waals surface area contributed by atoms with Crippen molar-refractivity contribution < 1.29 is 4.79 Å². The summed E-state index contributed by atoms with van der Waals surface area (Å²) in [4.78, 5) is 24.3. The summed E-state index contributed by atoms with van der Waals surface area (Å²) in [5.41, 5.74) is 3.55. The zero-order valence-electron chi connectivity index (χ0n) is 19.0. The number of nitrogens with one attached hydrogen (secondary N) is 1. The minimum absolute atomic E-state index is 0.0727. The quantitative estimate of drug-likeness (QED) is 0.587. The lowest BCUT2D eigenvalue weighted by atomic mass is 9.95. The molecule has 4 rings (SSSR count). The molecule has 1 aromatic heterocycles. The summed E-state index contributed by atoms with van der Waals surface area (Å²) >= 11 is 0. The lowest BCUT2D eigenvalue weighted by Gasteiger charge is -2.32. The molecular formula is C27H32N4O. The molecule has 3 aromatic rings. The van der Waals surface area contributed by atoms with Crippen molar-refractivity contribution in [1.82, 2.24) is 15.3 Å². The molecule has 1 N–H and O–H groups in total. The molecule has 1 saturated heterocycles. The number of carbonyl (C=O) groups is 1. The van der Waals surface area contributed by atoms with Gasteiger partial charge in [-0.3, -0.25) is 4.79 Å². The fourth-order valence-electron chi connectivity index (χ4n) is 4.28. The van der Waals surface area contributed by atoms with Crippen molar-refractivity contribution in [2.45, 2.75) is 45.6 Å². The molecule has 32 heavy (non-hydrogen) atoms. The molecule has 5 heteroatoms. The third-order valence-electron chi connectivity index (χ3n) is 6.20. The summed E-state index contributed by atoms with van der Waals surface area (Å²) in [5, 5.41) is 3.23. The van der Waals surface area contributed by atoms with Crippen LogP contribution in [0.25, 0.3) is 11.4 Å². The monoisotopic (exact) mass is 428 g/mol. The maximum Gasteiger partial charge on any atom is 0.223 e. The van der Waals surface area contributed by atoms with Gasteiger partial charge in [-0.1, -0.05) is 54.1 Å². The summed E-state index contributed by atoms with van der Waals surface area (Å²) in [6, 6.07) is 20.8. The summed E-state index contributed by atoms with van der Waals surface area (Å²) in [6.07, 6.45) is 5.46. The van der Waals surface area contributed by atoms with Gasteiger partial charge in [0.1, 0.15) is 5.82 Å². The lowest BCUT2D eigenvalue weighted by Crippen LogP contribution is -2.43. The van der Waals surface area contributed by atoms with Crippen molar-refractivity contribution in [3.63, 3.8) is 0 Å². The van der Waals surface area contributed by atoms with Crippen LogP contribution in [0.15, 0.2) is 66.9 Å². The highest BCUT2D eigenvalue weighted by Crippen LogP contribution is 2.24. The van der Waals surface area contributed by atoms with Crippen LogP contribution in [0.4, 0.5) is 5.82 Å². The highest BCUT2D eigenvalue weighted by Gasteiger charge is 2.26. The second-order valence-corrected chi connectivity index (χ2v) is 8.80. The Morgan fingerprint density at radius 2 is 1.88 bits per heavy atom. The van der Waals surface area contributed by atoms with Crippen LogP contribution < -0.4 is 10.2 Å². The first kappa shape index (κ1) is 22.0. The van der Waals surface area contributed by atoms with Crippen LogP contribution >= 0.6 is 0 Å². The second-order valence-electron chi connectivity index (χ2n) is 8.80. The smallest absolute Gasteiger partial charge is 0.223 e. The number of aromatic nitrogens is 2. The van der Waals surface area contributed by atoms with Gasteiger partial charge in [0, 0.05) is 36.8 Å². The lowest BCUT2D eigenvalue weighted by molar-refractivity contribution is -0.126. The van der Waals surface area contributed by atoms with E-state index < -0.39 is 0 Å². The predicted molar refractivity (Wildman–Crippen MR) is 130 cm³/mol. The Bertz CT molecular complexity index is 1030. The molecule has 0 saturated carbocycles. The number of rotatable bonds is 7. The van der Waals surface area contributed by atoms with Crippen molar-refractivity contribution in [3.05, 3.63) is 78.0 Å². The van der Waals surface area contributed by atoms with E-state index in [1.807, 2.05) is 30.5 Å². The molecule has 1 atom stereocenters. The molecule has 0 spiro atoms. The minimum atomic E-state index is 0.0727. The van der Waals surface area contributed by atoms with Gasteiger partial charge >= 0.3 is 0 Å². The first-order valence-electron chi connectivity index (χ1n) is 11.6. The predicted octanol–water partition coefficient (Wildman–Crippen LogP) is 4.81. The molecule has 2 heterocycles. The molecule has 1 aliphatic rings.